The van der Waals surface area contributed by atoms with Crippen LogP contribution in [0.2, 0.25) is 0 Å². The van der Waals surface area contributed by atoms with Gasteiger partial charge in [-0.1, -0.05) is 18.2 Å². The highest BCUT2D eigenvalue weighted by atomic mass is 15.2. The van der Waals surface area contributed by atoms with Crippen LogP contribution < -0.4 is 5.32 Å². The molecule has 1 saturated heterocycles. The normalized spacial score (nSPS) is 28.7. The van der Waals surface area contributed by atoms with Gasteiger partial charge >= 0.3 is 0 Å². The van der Waals surface area contributed by atoms with E-state index in [2.05, 4.69) is 45.7 Å². The third-order valence-electron chi connectivity index (χ3n) is 4.48. The van der Waals surface area contributed by atoms with Crippen LogP contribution in [0.3, 0.4) is 0 Å². The molecule has 3 aliphatic heterocycles. The van der Waals surface area contributed by atoms with E-state index in [1.165, 1.54) is 29.8 Å². The summed E-state index contributed by atoms with van der Waals surface area (Å²) in [5.41, 5.74) is 4.33. The molecular formula is C16H19N3. The van der Waals surface area contributed by atoms with E-state index in [-0.39, 0.29) is 0 Å². The maximum Gasteiger partial charge on any atom is 0.0470 e. The van der Waals surface area contributed by atoms with Gasteiger partial charge in [0.25, 0.3) is 0 Å². The Hall–Kier alpha value is -1.61. The molecule has 1 fully saturated rings. The number of hydrogen-bond donors (Lipinski definition) is 1. The summed E-state index contributed by atoms with van der Waals surface area (Å²) < 4.78 is 0. The Morgan fingerprint density at radius 3 is 3.11 bits per heavy atom. The highest BCUT2D eigenvalue weighted by Gasteiger charge is 2.39. The van der Waals surface area contributed by atoms with Crippen molar-refractivity contribution in [3.63, 3.8) is 0 Å². The SMILES string of the molecule is C1=NC=C(CN2C[C@@H]3Nc4ccccc4[C@@H]3C2)CC1. The predicted octanol–water partition coefficient (Wildman–Crippen LogP) is 2.63. The fourth-order valence-electron chi connectivity index (χ4n) is 3.58. The molecule has 1 aromatic rings. The standard InChI is InChI=1S/C16H19N3/c1-2-6-15-13(5-1)14-10-19(11-16(14)18-15)9-12-4-3-7-17-8-12/h1-2,5-8,14,16,18H,3-4,9-11H2/t14-,16-/m0/s1. The molecule has 0 saturated carbocycles. The second kappa shape index (κ2) is 4.49. The number of benzene rings is 1. The fourth-order valence-corrected chi connectivity index (χ4v) is 3.58. The lowest BCUT2D eigenvalue weighted by Crippen LogP contribution is -2.27. The molecule has 0 aromatic heterocycles. The minimum Gasteiger partial charge on any atom is -0.380 e. The van der Waals surface area contributed by atoms with Crippen molar-refractivity contribution in [2.75, 3.05) is 25.0 Å². The molecule has 98 valence electrons. The van der Waals surface area contributed by atoms with E-state index < -0.39 is 0 Å². The summed E-state index contributed by atoms with van der Waals surface area (Å²) in [7, 11) is 0. The first-order chi connectivity index (χ1) is 9.40. The molecule has 0 amide bonds. The van der Waals surface area contributed by atoms with Gasteiger partial charge in [0.15, 0.2) is 0 Å². The maximum atomic E-state index is 4.28. The average Bonchev–Trinajstić information content (AvgIpc) is 2.97. The monoisotopic (exact) mass is 253 g/mol. The summed E-state index contributed by atoms with van der Waals surface area (Å²) in [4.78, 5) is 6.85. The molecule has 3 aliphatic rings. The van der Waals surface area contributed by atoms with Crippen LogP contribution in [-0.2, 0) is 0 Å². The highest BCUT2D eigenvalue weighted by Crippen LogP contribution is 2.40. The van der Waals surface area contributed by atoms with E-state index in [0.717, 1.165) is 19.5 Å². The van der Waals surface area contributed by atoms with E-state index in [0.29, 0.717) is 12.0 Å². The van der Waals surface area contributed by atoms with Gasteiger partial charge in [0.05, 0.1) is 0 Å². The zero-order valence-electron chi connectivity index (χ0n) is 11.0. The number of anilines is 1. The van der Waals surface area contributed by atoms with E-state index >= 15 is 0 Å². The molecule has 3 heterocycles. The number of likely N-dealkylation sites (tertiary alicyclic amines) is 1. The van der Waals surface area contributed by atoms with Crippen LogP contribution in [-0.4, -0.2) is 36.8 Å². The Kier molecular flexibility index (Phi) is 2.66. The van der Waals surface area contributed by atoms with Crippen LogP contribution in [0.25, 0.3) is 0 Å². The van der Waals surface area contributed by atoms with Gasteiger partial charge in [-0.15, -0.1) is 0 Å². The number of nitrogens with zero attached hydrogens (tertiary/aromatic N) is 2. The van der Waals surface area contributed by atoms with Crippen LogP contribution in [0.4, 0.5) is 5.69 Å². The van der Waals surface area contributed by atoms with E-state index in [4.69, 9.17) is 0 Å². The van der Waals surface area contributed by atoms with Crippen LogP contribution >= 0.6 is 0 Å². The lowest BCUT2D eigenvalue weighted by molar-refractivity contribution is 0.356. The van der Waals surface area contributed by atoms with Crippen molar-refractivity contribution in [1.82, 2.24) is 4.90 Å². The minimum absolute atomic E-state index is 0.602. The number of nitrogens with one attached hydrogen (secondary N) is 1. The molecule has 3 nitrogen and oxygen atoms in total. The third-order valence-corrected chi connectivity index (χ3v) is 4.48. The van der Waals surface area contributed by atoms with Crippen LogP contribution in [0.15, 0.2) is 41.0 Å². The molecule has 1 aromatic carbocycles. The molecule has 4 rings (SSSR count). The van der Waals surface area contributed by atoms with E-state index in [1.54, 1.807) is 0 Å². The van der Waals surface area contributed by atoms with Crippen LogP contribution in [0.1, 0.15) is 24.3 Å². The molecule has 0 spiro atoms. The zero-order chi connectivity index (χ0) is 12.7. The van der Waals surface area contributed by atoms with Gasteiger partial charge in [0.2, 0.25) is 0 Å². The summed E-state index contributed by atoms with van der Waals surface area (Å²) in [6.45, 7) is 3.42. The van der Waals surface area contributed by atoms with Gasteiger partial charge in [-0.2, -0.15) is 0 Å². The first-order valence-corrected chi connectivity index (χ1v) is 7.17. The van der Waals surface area contributed by atoms with Gasteiger partial charge in [-0.25, -0.2) is 0 Å². The van der Waals surface area contributed by atoms with Crippen molar-refractivity contribution >= 4 is 11.9 Å². The topological polar surface area (TPSA) is 27.6 Å². The van der Waals surface area contributed by atoms with Crippen molar-refractivity contribution in [1.29, 1.82) is 0 Å². The van der Waals surface area contributed by atoms with Crippen molar-refractivity contribution in [3.05, 3.63) is 41.6 Å². The number of fused-ring (bicyclic) bond motifs is 3. The van der Waals surface area contributed by atoms with Gasteiger partial charge in [-0.3, -0.25) is 9.89 Å². The lowest BCUT2D eigenvalue weighted by atomic mass is 9.98. The third kappa shape index (κ3) is 1.98. The Balaban J connectivity index is 1.48. The van der Waals surface area contributed by atoms with E-state index in [9.17, 15) is 0 Å². The van der Waals surface area contributed by atoms with Crippen LogP contribution in [0.5, 0.6) is 0 Å². The smallest absolute Gasteiger partial charge is 0.0470 e. The molecule has 19 heavy (non-hydrogen) atoms. The number of para-hydroxylation sites is 1. The van der Waals surface area contributed by atoms with E-state index in [1.807, 2.05) is 6.21 Å². The zero-order valence-corrected chi connectivity index (χ0v) is 11.0. The Morgan fingerprint density at radius 2 is 2.21 bits per heavy atom. The van der Waals surface area contributed by atoms with Gasteiger partial charge in [-0.05, 0) is 30.0 Å². The highest BCUT2D eigenvalue weighted by molar-refractivity contribution is 5.61. The minimum atomic E-state index is 0.602. The molecule has 0 radical (unpaired) electrons. The number of hydrogen-bond acceptors (Lipinski definition) is 3. The molecule has 3 heteroatoms. The van der Waals surface area contributed by atoms with Gasteiger partial charge in [0, 0.05) is 49.7 Å². The molecule has 0 bridgehead atoms. The second-order valence-corrected chi connectivity index (χ2v) is 5.80. The Morgan fingerprint density at radius 1 is 1.26 bits per heavy atom. The van der Waals surface area contributed by atoms with Crippen molar-refractivity contribution in [3.8, 4) is 0 Å². The number of rotatable bonds is 2. The van der Waals surface area contributed by atoms with Crippen molar-refractivity contribution in [2.24, 2.45) is 4.99 Å². The average molecular weight is 253 g/mol. The predicted molar refractivity (Wildman–Crippen MR) is 78.8 cm³/mol. The fraction of sp³-hybridized carbons (Fsp3) is 0.438. The second-order valence-electron chi connectivity index (χ2n) is 5.80. The summed E-state index contributed by atoms with van der Waals surface area (Å²) in [6.07, 6.45) is 6.35. The van der Waals surface area contributed by atoms with Crippen molar-refractivity contribution < 1.29 is 0 Å². The van der Waals surface area contributed by atoms with Gasteiger partial charge in [0.1, 0.15) is 0 Å². The molecule has 0 aliphatic carbocycles. The Labute approximate surface area is 114 Å². The van der Waals surface area contributed by atoms with Crippen molar-refractivity contribution in [2.45, 2.75) is 24.8 Å². The summed E-state index contributed by atoms with van der Waals surface area (Å²) in [5.74, 6) is 0.670. The molecular weight excluding hydrogens is 234 g/mol. The summed E-state index contributed by atoms with van der Waals surface area (Å²) in [6, 6.07) is 9.36. The number of aliphatic imine (C=N–C) groups is 1. The van der Waals surface area contributed by atoms with Crippen LogP contribution in [0, 0.1) is 0 Å². The molecule has 0 unspecified atom stereocenters. The largest absolute Gasteiger partial charge is 0.380 e. The lowest BCUT2D eigenvalue weighted by Gasteiger charge is -2.19. The summed E-state index contributed by atoms with van der Waals surface area (Å²) in [5, 5.41) is 3.67. The van der Waals surface area contributed by atoms with Gasteiger partial charge < -0.3 is 5.32 Å². The maximum absolute atomic E-state index is 4.28. The molecule has 2 atom stereocenters. The summed E-state index contributed by atoms with van der Waals surface area (Å²) >= 11 is 0. The molecule has 1 N–H and O–H groups in total. The quantitative estimate of drug-likeness (QED) is 0.877. The first kappa shape index (κ1) is 11.2. The Bertz CT molecular complexity index is 547. The first-order valence-electron chi connectivity index (χ1n) is 7.17.